The van der Waals surface area contributed by atoms with Crippen molar-refractivity contribution in [1.29, 1.82) is 0 Å². The van der Waals surface area contributed by atoms with Gasteiger partial charge >= 0.3 is 0 Å². The third-order valence-corrected chi connectivity index (χ3v) is 2.68. The molecule has 2 atom stereocenters. The van der Waals surface area contributed by atoms with E-state index in [1.807, 2.05) is 0 Å². The number of nitrogens with one attached hydrogen (secondary N) is 2. The van der Waals surface area contributed by atoms with Gasteiger partial charge in [0, 0.05) is 6.61 Å². The highest BCUT2D eigenvalue weighted by atomic mass is 16.5. The van der Waals surface area contributed by atoms with Gasteiger partial charge in [0.05, 0.1) is 24.5 Å². The Bertz CT molecular complexity index is 340. The minimum atomic E-state index is 0.227. The quantitative estimate of drug-likeness (QED) is 0.515. The first-order chi connectivity index (χ1) is 7.79. The lowest BCUT2D eigenvalue weighted by molar-refractivity contribution is 0.0995. The molecule has 1 saturated heterocycles. The van der Waals surface area contributed by atoms with Gasteiger partial charge < -0.3 is 15.5 Å². The van der Waals surface area contributed by atoms with Gasteiger partial charge in [0.25, 0.3) is 0 Å². The fraction of sp³-hybridized carbons (Fsp3) is 0.600. The van der Waals surface area contributed by atoms with Crippen LogP contribution in [0.3, 0.4) is 0 Å². The van der Waals surface area contributed by atoms with E-state index in [9.17, 15) is 0 Å². The van der Waals surface area contributed by atoms with Crippen LogP contribution in [0.25, 0.3) is 0 Å². The van der Waals surface area contributed by atoms with Crippen LogP contribution in [0.4, 0.5) is 11.6 Å². The van der Waals surface area contributed by atoms with Gasteiger partial charge in [0.1, 0.15) is 5.82 Å². The highest BCUT2D eigenvalue weighted by molar-refractivity contribution is 5.41. The smallest absolute Gasteiger partial charge is 0.160 e. The van der Waals surface area contributed by atoms with Crippen molar-refractivity contribution >= 4 is 11.6 Å². The molecule has 0 aliphatic carbocycles. The predicted molar refractivity (Wildman–Crippen MR) is 61.9 cm³/mol. The Balaban J connectivity index is 1.96. The van der Waals surface area contributed by atoms with Crippen molar-refractivity contribution in [2.45, 2.75) is 31.9 Å². The molecule has 88 valence electrons. The maximum absolute atomic E-state index is 5.59. The molecule has 2 heterocycles. The highest BCUT2D eigenvalue weighted by Crippen LogP contribution is 2.18. The number of ether oxygens (including phenoxy) is 1. The van der Waals surface area contributed by atoms with Crippen molar-refractivity contribution in [3.63, 3.8) is 0 Å². The second kappa shape index (κ2) is 5.09. The predicted octanol–water partition coefficient (Wildman–Crippen LogP) is 0.742. The van der Waals surface area contributed by atoms with E-state index in [-0.39, 0.29) is 12.1 Å². The average Bonchev–Trinajstić information content (AvgIpc) is 2.83. The summed E-state index contributed by atoms with van der Waals surface area (Å²) in [6, 6.07) is 0.227. The molecule has 1 aromatic heterocycles. The summed E-state index contributed by atoms with van der Waals surface area (Å²) in [5.41, 5.74) is 2.47. The maximum atomic E-state index is 5.59. The topological polar surface area (TPSA) is 85.1 Å². The van der Waals surface area contributed by atoms with Crippen LogP contribution in [0, 0.1) is 0 Å². The summed E-state index contributed by atoms with van der Waals surface area (Å²) in [4.78, 5) is 8.26. The van der Waals surface area contributed by atoms with Crippen LogP contribution in [0.5, 0.6) is 0 Å². The molecule has 0 radical (unpaired) electrons. The number of hydrogen-bond donors (Lipinski definition) is 3. The summed E-state index contributed by atoms with van der Waals surface area (Å²) >= 11 is 0. The zero-order valence-corrected chi connectivity index (χ0v) is 9.31. The summed E-state index contributed by atoms with van der Waals surface area (Å²) in [5, 5.41) is 3.26. The summed E-state index contributed by atoms with van der Waals surface area (Å²) in [6.45, 7) is 2.94. The molecule has 6 nitrogen and oxygen atoms in total. The fourth-order valence-corrected chi connectivity index (χ4v) is 1.83. The fourth-order valence-electron chi connectivity index (χ4n) is 1.83. The second-order valence-electron chi connectivity index (χ2n) is 3.92. The lowest BCUT2D eigenvalue weighted by atomic mass is 10.1. The first-order valence-corrected chi connectivity index (χ1v) is 5.46. The van der Waals surface area contributed by atoms with E-state index in [1.54, 1.807) is 12.4 Å². The molecular weight excluding hydrogens is 206 g/mol. The minimum Gasteiger partial charge on any atom is -0.376 e. The number of nitrogens with zero attached hydrogens (tertiary/aromatic N) is 2. The first-order valence-electron chi connectivity index (χ1n) is 5.46. The van der Waals surface area contributed by atoms with E-state index in [0.717, 1.165) is 19.4 Å². The molecule has 16 heavy (non-hydrogen) atoms. The van der Waals surface area contributed by atoms with Crippen LogP contribution in [0.15, 0.2) is 12.4 Å². The van der Waals surface area contributed by atoms with Crippen molar-refractivity contribution < 1.29 is 4.74 Å². The average molecular weight is 223 g/mol. The summed E-state index contributed by atoms with van der Waals surface area (Å²) in [5.74, 6) is 6.52. The van der Waals surface area contributed by atoms with Gasteiger partial charge in [0.2, 0.25) is 0 Å². The Hall–Kier alpha value is -1.40. The van der Waals surface area contributed by atoms with Gasteiger partial charge in [-0.1, -0.05) is 0 Å². The molecule has 1 aromatic rings. The standard InChI is InChI=1S/C10H17N5O/c1-7(8-3-2-4-16-8)13-9-5-12-6-10(14-9)15-11/h5-8H,2-4,11H2,1H3,(H2,13,14,15). The van der Waals surface area contributed by atoms with E-state index >= 15 is 0 Å². The molecule has 0 saturated carbocycles. The Morgan fingerprint density at radius 2 is 2.31 bits per heavy atom. The number of hydrogen-bond acceptors (Lipinski definition) is 6. The number of anilines is 2. The van der Waals surface area contributed by atoms with E-state index in [0.29, 0.717) is 11.6 Å². The SMILES string of the molecule is CC(Nc1cncc(NN)n1)C1CCCO1. The molecule has 2 rings (SSSR count). The highest BCUT2D eigenvalue weighted by Gasteiger charge is 2.22. The molecule has 6 heteroatoms. The molecule has 0 amide bonds. The number of nitrogen functional groups attached to an aromatic ring is 1. The van der Waals surface area contributed by atoms with Gasteiger partial charge in [-0.15, -0.1) is 0 Å². The lowest BCUT2D eigenvalue weighted by Gasteiger charge is -2.20. The molecule has 0 spiro atoms. The molecule has 0 bridgehead atoms. The van der Waals surface area contributed by atoms with Crippen LogP contribution < -0.4 is 16.6 Å². The Kier molecular flexibility index (Phi) is 3.53. The van der Waals surface area contributed by atoms with Crippen molar-refractivity contribution in [2.24, 2.45) is 5.84 Å². The van der Waals surface area contributed by atoms with Gasteiger partial charge in [-0.05, 0) is 19.8 Å². The third kappa shape index (κ3) is 2.59. The van der Waals surface area contributed by atoms with Crippen LogP contribution in [0.1, 0.15) is 19.8 Å². The van der Waals surface area contributed by atoms with Crippen LogP contribution in [-0.4, -0.2) is 28.7 Å². The molecular formula is C10H17N5O. The molecule has 1 aliphatic heterocycles. The molecule has 1 fully saturated rings. The van der Waals surface area contributed by atoms with E-state index in [1.165, 1.54) is 0 Å². The van der Waals surface area contributed by atoms with Gasteiger partial charge in [-0.25, -0.2) is 10.8 Å². The van der Waals surface area contributed by atoms with E-state index in [2.05, 4.69) is 27.6 Å². The zero-order chi connectivity index (χ0) is 11.4. The van der Waals surface area contributed by atoms with Gasteiger partial charge in [-0.3, -0.25) is 4.98 Å². The van der Waals surface area contributed by atoms with Crippen molar-refractivity contribution in [1.82, 2.24) is 9.97 Å². The van der Waals surface area contributed by atoms with Crippen molar-refractivity contribution in [2.75, 3.05) is 17.3 Å². The molecule has 4 N–H and O–H groups in total. The number of nitrogens with two attached hydrogens (primary N) is 1. The van der Waals surface area contributed by atoms with Crippen molar-refractivity contribution in [3.8, 4) is 0 Å². The third-order valence-electron chi connectivity index (χ3n) is 2.68. The minimum absolute atomic E-state index is 0.227. The lowest BCUT2D eigenvalue weighted by Crippen LogP contribution is -2.30. The largest absolute Gasteiger partial charge is 0.376 e. The van der Waals surface area contributed by atoms with E-state index < -0.39 is 0 Å². The summed E-state index contributed by atoms with van der Waals surface area (Å²) in [7, 11) is 0. The number of aromatic nitrogens is 2. The van der Waals surface area contributed by atoms with Crippen LogP contribution in [-0.2, 0) is 4.74 Å². The number of rotatable bonds is 4. The maximum Gasteiger partial charge on any atom is 0.160 e. The zero-order valence-electron chi connectivity index (χ0n) is 9.31. The van der Waals surface area contributed by atoms with Crippen LogP contribution in [0.2, 0.25) is 0 Å². The summed E-state index contributed by atoms with van der Waals surface area (Å²) in [6.07, 6.45) is 5.73. The van der Waals surface area contributed by atoms with Crippen molar-refractivity contribution in [3.05, 3.63) is 12.4 Å². The Labute approximate surface area is 94.6 Å². The Morgan fingerprint density at radius 1 is 1.50 bits per heavy atom. The monoisotopic (exact) mass is 223 g/mol. The second-order valence-corrected chi connectivity index (χ2v) is 3.92. The first kappa shape index (κ1) is 11.1. The molecule has 1 aliphatic rings. The molecule has 0 aromatic carbocycles. The van der Waals surface area contributed by atoms with Gasteiger partial charge in [-0.2, -0.15) is 0 Å². The normalized spacial score (nSPS) is 21.8. The van der Waals surface area contributed by atoms with Gasteiger partial charge in [0.15, 0.2) is 5.82 Å². The van der Waals surface area contributed by atoms with Crippen LogP contribution >= 0.6 is 0 Å². The summed E-state index contributed by atoms with van der Waals surface area (Å²) < 4.78 is 5.59. The number of hydrazine groups is 1. The van der Waals surface area contributed by atoms with E-state index in [4.69, 9.17) is 10.6 Å². The Morgan fingerprint density at radius 3 is 3.00 bits per heavy atom. The molecule has 2 unspecified atom stereocenters.